The molecule has 0 saturated heterocycles. The van der Waals surface area contributed by atoms with Crippen molar-refractivity contribution in [1.82, 2.24) is 9.55 Å². The van der Waals surface area contributed by atoms with E-state index in [1.807, 2.05) is 25.1 Å². The van der Waals surface area contributed by atoms with Gasteiger partial charge in [0.05, 0.1) is 25.3 Å². The second-order valence-corrected chi connectivity index (χ2v) is 4.55. The lowest BCUT2D eigenvalue weighted by Gasteiger charge is -2.14. The number of ether oxygens (including phenoxy) is 2. The molecule has 0 saturated carbocycles. The number of H-pyrrole nitrogens is 1. The fourth-order valence-electron chi connectivity index (χ4n) is 2.09. The van der Waals surface area contributed by atoms with Crippen LogP contribution in [0.1, 0.15) is 19.9 Å². The smallest absolute Gasteiger partial charge is 0.178 e. The number of aromatic amines is 1. The van der Waals surface area contributed by atoms with Gasteiger partial charge in [-0.3, -0.25) is 0 Å². The van der Waals surface area contributed by atoms with Crippen LogP contribution in [0.25, 0.3) is 11.0 Å². The first-order valence-corrected chi connectivity index (χ1v) is 6.44. The first kappa shape index (κ1) is 13.1. The van der Waals surface area contributed by atoms with Gasteiger partial charge in [-0.25, -0.2) is 0 Å². The summed E-state index contributed by atoms with van der Waals surface area (Å²) >= 11 is 5.38. The molecule has 0 amide bonds. The molecule has 1 atom stereocenters. The first-order chi connectivity index (χ1) is 8.69. The van der Waals surface area contributed by atoms with Crippen molar-refractivity contribution in [3.63, 3.8) is 0 Å². The second kappa shape index (κ2) is 5.54. The zero-order valence-electron chi connectivity index (χ0n) is 10.9. The Hall–Kier alpha value is -1.33. The van der Waals surface area contributed by atoms with E-state index in [1.165, 1.54) is 0 Å². The SMILES string of the molecule is CCOCC(C)n1c(=S)[nH]c2c(OC)cccc21. The maximum absolute atomic E-state index is 5.47. The molecular formula is C13H18N2O2S. The third-order valence-corrected chi connectivity index (χ3v) is 3.24. The molecule has 0 aliphatic carbocycles. The van der Waals surface area contributed by atoms with Gasteiger partial charge in [-0.2, -0.15) is 0 Å². The number of benzene rings is 1. The zero-order valence-corrected chi connectivity index (χ0v) is 11.7. The van der Waals surface area contributed by atoms with E-state index in [2.05, 4.69) is 16.5 Å². The average molecular weight is 266 g/mol. The summed E-state index contributed by atoms with van der Waals surface area (Å²) in [5.41, 5.74) is 1.99. The summed E-state index contributed by atoms with van der Waals surface area (Å²) in [4.78, 5) is 3.20. The van der Waals surface area contributed by atoms with E-state index in [4.69, 9.17) is 21.7 Å². The lowest BCUT2D eigenvalue weighted by molar-refractivity contribution is 0.119. The van der Waals surface area contributed by atoms with E-state index < -0.39 is 0 Å². The minimum Gasteiger partial charge on any atom is -0.494 e. The van der Waals surface area contributed by atoms with Crippen LogP contribution in [0.5, 0.6) is 5.75 Å². The number of aromatic nitrogens is 2. The molecule has 18 heavy (non-hydrogen) atoms. The molecule has 1 aromatic carbocycles. The van der Waals surface area contributed by atoms with Crippen LogP contribution in [0.15, 0.2) is 18.2 Å². The molecule has 0 radical (unpaired) electrons. The van der Waals surface area contributed by atoms with Gasteiger partial charge in [0, 0.05) is 6.61 Å². The van der Waals surface area contributed by atoms with Crippen molar-refractivity contribution in [3.8, 4) is 5.75 Å². The van der Waals surface area contributed by atoms with Gasteiger partial charge < -0.3 is 19.0 Å². The molecule has 1 unspecified atom stereocenters. The monoisotopic (exact) mass is 266 g/mol. The quantitative estimate of drug-likeness (QED) is 0.844. The van der Waals surface area contributed by atoms with E-state index >= 15 is 0 Å². The summed E-state index contributed by atoms with van der Waals surface area (Å²) < 4.78 is 13.6. The van der Waals surface area contributed by atoms with Crippen molar-refractivity contribution in [1.29, 1.82) is 0 Å². The highest BCUT2D eigenvalue weighted by Crippen LogP contribution is 2.26. The van der Waals surface area contributed by atoms with E-state index in [0.29, 0.717) is 18.0 Å². The Morgan fingerprint density at radius 1 is 1.44 bits per heavy atom. The summed E-state index contributed by atoms with van der Waals surface area (Å²) in [5.74, 6) is 0.806. The molecule has 2 rings (SSSR count). The van der Waals surface area contributed by atoms with Crippen molar-refractivity contribution in [2.24, 2.45) is 0 Å². The largest absolute Gasteiger partial charge is 0.494 e. The second-order valence-electron chi connectivity index (χ2n) is 4.16. The van der Waals surface area contributed by atoms with Gasteiger partial charge in [0.2, 0.25) is 0 Å². The van der Waals surface area contributed by atoms with Gasteiger partial charge in [-0.15, -0.1) is 0 Å². The highest BCUT2D eigenvalue weighted by atomic mass is 32.1. The van der Waals surface area contributed by atoms with E-state index in [-0.39, 0.29) is 6.04 Å². The molecule has 5 heteroatoms. The lowest BCUT2D eigenvalue weighted by atomic mass is 10.2. The van der Waals surface area contributed by atoms with Crippen LogP contribution in [0, 0.1) is 4.77 Å². The number of rotatable bonds is 5. The van der Waals surface area contributed by atoms with Gasteiger partial charge in [0.25, 0.3) is 0 Å². The van der Waals surface area contributed by atoms with Gasteiger partial charge >= 0.3 is 0 Å². The summed E-state index contributed by atoms with van der Waals surface area (Å²) in [7, 11) is 1.66. The Morgan fingerprint density at radius 2 is 2.22 bits per heavy atom. The molecule has 0 aliphatic rings. The number of hydrogen-bond donors (Lipinski definition) is 1. The number of fused-ring (bicyclic) bond motifs is 1. The number of hydrogen-bond acceptors (Lipinski definition) is 3. The van der Waals surface area contributed by atoms with Crippen LogP contribution in [0.2, 0.25) is 0 Å². The molecule has 0 spiro atoms. The van der Waals surface area contributed by atoms with Crippen LogP contribution < -0.4 is 4.74 Å². The van der Waals surface area contributed by atoms with Gasteiger partial charge in [0.1, 0.15) is 11.3 Å². The van der Waals surface area contributed by atoms with Gasteiger partial charge in [-0.1, -0.05) is 6.07 Å². The summed E-state index contributed by atoms with van der Waals surface area (Å²) in [6.45, 7) is 5.45. The summed E-state index contributed by atoms with van der Waals surface area (Å²) in [6, 6.07) is 6.11. The molecule has 0 aliphatic heterocycles. The Balaban J connectivity index is 2.51. The fourth-order valence-corrected chi connectivity index (χ4v) is 2.47. The van der Waals surface area contributed by atoms with Crippen molar-refractivity contribution < 1.29 is 9.47 Å². The fraction of sp³-hybridized carbons (Fsp3) is 0.462. The third-order valence-electron chi connectivity index (χ3n) is 2.94. The molecule has 1 N–H and O–H groups in total. The molecule has 1 aromatic heterocycles. The van der Waals surface area contributed by atoms with Crippen LogP contribution in [0.4, 0.5) is 0 Å². The normalized spacial score (nSPS) is 12.8. The molecule has 98 valence electrons. The van der Waals surface area contributed by atoms with Crippen LogP contribution >= 0.6 is 12.2 Å². The van der Waals surface area contributed by atoms with Gasteiger partial charge in [0.15, 0.2) is 4.77 Å². The number of methoxy groups -OCH3 is 1. The van der Waals surface area contributed by atoms with Crippen molar-refractivity contribution in [3.05, 3.63) is 23.0 Å². The predicted molar refractivity (Wildman–Crippen MR) is 74.9 cm³/mol. The van der Waals surface area contributed by atoms with E-state index in [1.54, 1.807) is 7.11 Å². The van der Waals surface area contributed by atoms with Crippen LogP contribution in [0.3, 0.4) is 0 Å². The summed E-state index contributed by atoms with van der Waals surface area (Å²) in [5, 5.41) is 0. The van der Waals surface area contributed by atoms with Crippen LogP contribution in [-0.2, 0) is 4.74 Å². The molecule has 2 aromatic rings. The maximum Gasteiger partial charge on any atom is 0.178 e. The zero-order chi connectivity index (χ0) is 13.1. The predicted octanol–water partition coefficient (Wildman–Crippen LogP) is 3.30. The first-order valence-electron chi connectivity index (χ1n) is 6.04. The highest BCUT2D eigenvalue weighted by molar-refractivity contribution is 7.71. The standard InChI is InChI=1S/C13H18N2O2S/c1-4-17-8-9(2)15-10-6-5-7-11(16-3)12(10)14-13(15)18/h5-7,9H,4,8H2,1-3H3,(H,14,18). The Labute approximate surface area is 112 Å². The highest BCUT2D eigenvalue weighted by Gasteiger charge is 2.13. The minimum absolute atomic E-state index is 0.193. The number of para-hydroxylation sites is 1. The minimum atomic E-state index is 0.193. The molecule has 1 heterocycles. The third kappa shape index (κ3) is 2.28. The van der Waals surface area contributed by atoms with Crippen molar-refractivity contribution in [2.75, 3.05) is 20.3 Å². The number of nitrogens with one attached hydrogen (secondary N) is 1. The van der Waals surface area contributed by atoms with Crippen molar-refractivity contribution >= 4 is 23.3 Å². The number of nitrogens with zero attached hydrogens (tertiary/aromatic N) is 1. The van der Waals surface area contributed by atoms with Crippen LogP contribution in [-0.4, -0.2) is 29.9 Å². The maximum atomic E-state index is 5.47. The molecule has 0 fully saturated rings. The van der Waals surface area contributed by atoms with E-state index in [0.717, 1.165) is 16.8 Å². The Bertz CT molecular complexity index is 588. The Kier molecular flexibility index (Phi) is 4.04. The van der Waals surface area contributed by atoms with Crippen molar-refractivity contribution in [2.45, 2.75) is 19.9 Å². The molecule has 0 bridgehead atoms. The summed E-state index contributed by atoms with van der Waals surface area (Å²) in [6.07, 6.45) is 0. The van der Waals surface area contributed by atoms with Gasteiger partial charge in [-0.05, 0) is 38.2 Å². The molecular weight excluding hydrogens is 248 g/mol. The van der Waals surface area contributed by atoms with E-state index in [9.17, 15) is 0 Å². The lowest BCUT2D eigenvalue weighted by Crippen LogP contribution is -2.12. The molecule has 4 nitrogen and oxygen atoms in total. The number of imidazole rings is 1. The average Bonchev–Trinajstić information content (AvgIpc) is 2.71. The topological polar surface area (TPSA) is 39.2 Å². The Morgan fingerprint density at radius 3 is 2.89 bits per heavy atom.